The fourth-order valence-corrected chi connectivity index (χ4v) is 2.17. The van der Waals surface area contributed by atoms with Gasteiger partial charge in [-0.15, -0.1) is 0 Å². The van der Waals surface area contributed by atoms with E-state index in [2.05, 4.69) is 4.98 Å². The van der Waals surface area contributed by atoms with Gasteiger partial charge in [0.15, 0.2) is 5.58 Å². The highest BCUT2D eigenvalue weighted by Gasteiger charge is 2.28. The average molecular weight is 255 g/mol. The van der Waals surface area contributed by atoms with Crippen molar-refractivity contribution >= 4 is 21.9 Å². The Kier molecular flexibility index (Phi) is 2.61. The van der Waals surface area contributed by atoms with Gasteiger partial charge in [0, 0.05) is 5.39 Å². The van der Waals surface area contributed by atoms with Crippen LogP contribution < -0.4 is 0 Å². The third kappa shape index (κ3) is 2.00. The van der Waals surface area contributed by atoms with E-state index in [0.29, 0.717) is 5.89 Å². The number of rotatable bonds is 1. The maximum atomic E-state index is 10.3. The molecular weight excluding hydrogens is 238 g/mol. The van der Waals surface area contributed by atoms with Crippen molar-refractivity contribution < 1.29 is 9.52 Å². The topological polar surface area (TPSA) is 46.3 Å². The molecule has 0 spiro atoms. The Morgan fingerprint density at radius 1 is 1.11 bits per heavy atom. The lowest BCUT2D eigenvalue weighted by atomic mass is 9.89. The number of oxazole rings is 1. The first kappa shape index (κ1) is 12.2. The zero-order chi connectivity index (χ0) is 13.6. The fraction of sp³-hybridized carbons (Fsp3) is 0.312. The maximum Gasteiger partial charge on any atom is 0.224 e. The molecule has 0 fully saturated rings. The van der Waals surface area contributed by atoms with E-state index in [9.17, 15) is 5.11 Å². The van der Waals surface area contributed by atoms with Crippen LogP contribution in [0.25, 0.3) is 21.9 Å². The summed E-state index contributed by atoms with van der Waals surface area (Å²) in [6.45, 7) is 5.89. The highest BCUT2D eigenvalue weighted by Crippen LogP contribution is 2.35. The van der Waals surface area contributed by atoms with Crippen LogP contribution >= 0.6 is 0 Å². The molecule has 3 nitrogen and oxygen atoms in total. The second-order valence-corrected chi connectivity index (χ2v) is 5.95. The van der Waals surface area contributed by atoms with E-state index >= 15 is 0 Å². The van der Waals surface area contributed by atoms with Crippen LogP contribution in [0.1, 0.15) is 32.8 Å². The molecule has 0 aliphatic rings. The lowest BCUT2D eigenvalue weighted by molar-refractivity contribution is 0.0402. The average Bonchev–Trinajstić information content (AvgIpc) is 2.80. The van der Waals surface area contributed by atoms with Crippen LogP contribution in [-0.4, -0.2) is 10.1 Å². The number of hydrogen-bond donors (Lipinski definition) is 1. The quantitative estimate of drug-likeness (QED) is 0.713. The number of aliphatic hydroxyl groups is 1. The molecule has 1 N–H and O–H groups in total. The largest absolute Gasteiger partial charge is 0.438 e. The molecule has 2 aromatic carbocycles. The predicted octanol–water partition coefficient (Wildman–Crippen LogP) is 4.06. The fourth-order valence-electron chi connectivity index (χ4n) is 2.17. The first-order valence-electron chi connectivity index (χ1n) is 6.43. The van der Waals surface area contributed by atoms with Crippen molar-refractivity contribution in [3.63, 3.8) is 0 Å². The van der Waals surface area contributed by atoms with Gasteiger partial charge < -0.3 is 9.52 Å². The van der Waals surface area contributed by atoms with Crippen LogP contribution in [0.15, 0.2) is 40.8 Å². The van der Waals surface area contributed by atoms with Gasteiger partial charge in [0.1, 0.15) is 11.6 Å². The Labute approximate surface area is 111 Å². The van der Waals surface area contributed by atoms with Crippen LogP contribution in [0.2, 0.25) is 0 Å². The summed E-state index contributed by atoms with van der Waals surface area (Å²) >= 11 is 0. The van der Waals surface area contributed by atoms with E-state index in [4.69, 9.17) is 4.42 Å². The Bertz CT molecular complexity index is 737. The first-order chi connectivity index (χ1) is 8.97. The van der Waals surface area contributed by atoms with E-state index < -0.39 is 6.10 Å². The maximum absolute atomic E-state index is 10.3. The number of nitrogens with zero attached hydrogens (tertiary/aromatic N) is 1. The standard InChI is InChI=1S/C16H17NO2/c1-16(2,3)14(18)15-17-13-11-7-5-4-6-10(11)8-9-12(13)19-15/h4-9,14,18H,1-3H3/t14-/m1/s1. The van der Waals surface area contributed by atoms with Gasteiger partial charge in [0.2, 0.25) is 5.89 Å². The normalized spacial score (nSPS) is 14.1. The van der Waals surface area contributed by atoms with Crippen LogP contribution in [-0.2, 0) is 0 Å². The minimum Gasteiger partial charge on any atom is -0.438 e. The molecule has 0 unspecified atom stereocenters. The number of benzene rings is 2. The molecule has 1 heterocycles. The van der Waals surface area contributed by atoms with E-state index in [1.165, 1.54) is 0 Å². The summed E-state index contributed by atoms with van der Waals surface area (Å²) in [7, 11) is 0. The summed E-state index contributed by atoms with van der Waals surface area (Å²) in [5, 5.41) is 12.5. The molecule has 0 saturated heterocycles. The van der Waals surface area contributed by atoms with Crippen molar-refractivity contribution in [1.29, 1.82) is 0 Å². The molecule has 3 heteroatoms. The molecule has 0 radical (unpaired) electrons. The van der Waals surface area contributed by atoms with Crippen molar-refractivity contribution in [2.75, 3.05) is 0 Å². The van der Waals surface area contributed by atoms with Gasteiger partial charge in [0.05, 0.1) is 0 Å². The molecule has 3 rings (SSSR count). The van der Waals surface area contributed by atoms with Crippen LogP contribution in [0.5, 0.6) is 0 Å². The molecule has 98 valence electrons. The SMILES string of the molecule is CC(C)(C)[C@H](O)c1nc2c(ccc3ccccc32)o1. The van der Waals surface area contributed by atoms with E-state index in [1.807, 2.05) is 57.2 Å². The molecule has 3 aromatic rings. The molecule has 1 aromatic heterocycles. The molecule has 19 heavy (non-hydrogen) atoms. The first-order valence-corrected chi connectivity index (χ1v) is 6.43. The van der Waals surface area contributed by atoms with Crippen molar-refractivity contribution in [3.8, 4) is 0 Å². The van der Waals surface area contributed by atoms with E-state index in [-0.39, 0.29) is 5.41 Å². The Balaban J connectivity index is 2.23. The third-order valence-electron chi connectivity index (χ3n) is 3.35. The van der Waals surface area contributed by atoms with Gasteiger partial charge in [-0.05, 0) is 16.9 Å². The summed E-state index contributed by atoms with van der Waals surface area (Å²) in [5.41, 5.74) is 1.24. The predicted molar refractivity (Wildman–Crippen MR) is 75.9 cm³/mol. The smallest absolute Gasteiger partial charge is 0.224 e. The molecule has 0 aliphatic heterocycles. The van der Waals surface area contributed by atoms with Crippen molar-refractivity contribution in [2.24, 2.45) is 5.41 Å². The van der Waals surface area contributed by atoms with Gasteiger partial charge >= 0.3 is 0 Å². The molecule has 0 bridgehead atoms. The lowest BCUT2D eigenvalue weighted by Crippen LogP contribution is -2.17. The second kappa shape index (κ2) is 4.07. The zero-order valence-electron chi connectivity index (χ0n) is 11.3. The Hall–Kier alpha value is -1.87. The Morgan fingerprint density at radius 2 is 1.84 bits per heavy atom. The molecular formula is C16H17NO2. The summed E-state index contributed by atoms with van der Waals surface area (Å²) in [5.74, 6) is 0.388. The highest BCUT2D eigenvalue weighted by atomic mass is 16.4. The number of hydrogen-bond acceptors (Lipinski definition) is 3. The summed E-state index contributed by atoms with van der Waals surface area (Å²) in [4.78, 5) is 4.49. The summed E-state index contributed by atoms with van der Waals surface area (Å²) in [6, 6.07) is 12.0. The number of aliphatic hydroxyl groups excluding tert-OH is 1. The number of fused-ring (bicyclic) bond motifs is 3. The number of aromatic nitrogens is 1. The van der Waals surface area contributed by atoms with Gasteiger partial charge in [-0.1, -0.05) is 51.1 Å². The van der Waals surface area contributed by atoms with Crippen LogP contribution in [0.4, 0.5) is 0 Å². The molecule has 0 aliphatic carbocycles. The van der Waals surface area contributed by atoms with E-state index in [1.54, 1.807) is 0 Å². The van der Waals surface area contributed by atoms with Crippen molar-refractivity contribution in [2.45, 2.75) is 26.9 Å². The monoisotopic (exact) mass is 255 g/mol. The highest BCUT2D eigenvalue weighted by molar-refractivity contribution is 6.03. The van der Waals surface area contributed by atoms with Crippen molar-refractivity contribution in [3.05, 3.63) is 42.3 Å². The lowest BCUT2D eigenvalue weighted by Gasteiger charge is -2.22. The summed E-state index contributed by atoms with van der Waals surface area (Å²) in [6.07, 6.45) is -0.710. The molecule has 0 saturated carbocycles. The van der Waals surface area contributed by atoms with Gasteiger partial charge in [-0.25, -0.2) is 4.98 Å². The zero-order valence-corrected chi connectivity index (χ0v) is 11.3. The van der Waals surface area contributed by atoms with Crippen LogP contribution in [0, 0.1) is 5.41 Å². The van der Waals surface area contributed by atoms with Crippen LogP contribution in [0.3, 0.4) is 0 Å². The second-order valence-electron chi connectivity index (χ2n) is 5.95. The molecule has 0 amide bonds. The molecule has 1 atom stereocenters. The summed E-state index contributed by atoms with van der Waals surface area (Å²) < 4.78 is 5.70. The van der Waals surface area contributed by atoms with E-state index in [0.717, 1.165) is 21.9 Å². The minimum absolute atomic E-state index is 0.295. The van der Waals surface area contributed by atoms with Crippen molar-refractivity contribution in [1.82, 2.24) is 4.98 Å². The van der Waals surface area contributed by atoms with Gasteiger partial charge in [-0.3, -0.25) is 0 Å². The van der Waals surface area contributed by atoms with Gasteiger partial charge in [-0.2, -0.15) is 0 Å². The Morgan fingerprint density at radius 3 is 2.58 bits per heavy atom. The minimum atomic E-state index is -0.710. The van der Waals surface area contributed by atoms with Gasteiger partial charge in [0.25, 0.3) is 0 Å². The third-order valence-corrected chi connectivity index (χ3v) is 3.35.